The Morgan fingerprint density at radius 2 is 2.03 bits per heavy atom. The molecule has 1 saturated carbocycles. The second-order valence-electron chi connectivity index (χ2n) is 10.8. The molecule has 5 rings (SSSR count). The van der Waals surface area contributed by atoms with E-state index in [0.717, 1.165) is 66.2 Å². The second kappa shape index (κ2) is 11.0. The zero-order valence-corrected chi connectivity index (χ0v) is 22.5. The molecule has 6 heteroatoms. The smallest absolute Gasteiger partial charge is 0.177 e. The Balaban J connectivity index is 1.36. The molecule has 1 radical (unpaired) electrons. The lowest BCUT2D eigenvalue weighted by atomic mass is 9.93. The van der Waals surface area contributed by atoms with Gasteiger partial charge in [-0.05, 0) is 87.3 Å². The van der Waals surface area contributed by atoms with Crippen LogP contribution in [0.2, 0.25) is 0 Å². The Morgan fingerprint density at radius 1 is 1.16 bits per heavy atom. The summed E-state index contributed by atoms with van der Waals surface area (Å²) in [5.74, 6) is 2.36. The van der Waals surface area contributed by atoms with Crippen LogP contribution in [0, 0.1) is 17.9 Å². The molecular weight excluding hydrogens is 456 g/mol. The van der Waals surface area contributed by atoms with Gasteiger partial charge < -0.3 is 9.80 Å². The number of piperidine rings is 1. The third kappa shape index (κ3) is 5.39. The molecule has 3 aliphatic heterocycles. The number of rotatable bonds is 7. The standard InChI is InChI=1S/C31H39N6/c1-6-36-20-23(4)31(25-13-12-21(2)16-25)33-30(36)17-22(3)29-11-7-8-15-37(29)24(5)27-18-28(35-34-27)26-10-9-14-32-19-26/h9-10,14,17-21,25,29H,3,5-8,11-13,15-16H2,1-2,4H3/b30-17-/t21-,25?,29-/m0/s1. The molecule has 1 saturated heterocycles. The highest BCUT2D eigenvalue weighted by Crippen LogP contribution is 2.38. The number of hydrogen-bond donors (Lipinski definition) is 0. The predicted octanol–water partition coefficient (Wildman–Crippen LogP) is 7.30. The maximum absolute atomic E-state index is 5.24. The summed E-state index contributed by atoms with van der Waals surface area (Å²) in [5.41, 5.74) is 6.34. The fourth-order valence-corrected chi connectivity index (χ4v) is 6.02. The first-order valence-electron chi connectivity index (χ1n) is 13.8. The van der Waals surface area contributed by atoms with Gasteiger partial charge in [-0.2, -0.15) is 10.2 Å². The van der Waals surface area contributed by atoms with Crippen LogP contribution in [0.3, 0.4) is 0 Å². The minimum absolute atomic E-state index is 0.170. The molecule has 3 atom stereocenters. The van der Waals surface area contributed by atoms with E-state index in [1.165, 1.54) is 37.0 Å². The average Bonchev–Trinajstić information content (AvgIpc) is 3.59. The predicted molar refractivity (Wildman–Crippen MR) is 151 cm³/mol. The molecule has 4 aliphatic rings. The Bertz CT molecular complexity index is 1190. The molecule has 0 N–H and O–H groups in total. The lowest BCUT2D eigenvalue weighted by Crippen LogP contribution is -2.40. The van der Waals surface area contributed by atoms with Crippen LogP contribution < -0.4 is 0 Å². The zero-order chi connectivity index (χ0) is 25.9. The van der Waals surface area contributed by atoms with Gasteiger partial charge in [0.1, 0.15) is 5.82 Å². The number of hydrogen-bond acceptors (Lipinski definition) is 6. The molecule has 4 heterocycles. The molecule has 1 aromatic heterocycles. The molecule has 0 amide bonds. The number of aromatic nitrogens is 1. The summed E-state index contributed by atoms with van der Waals surface area (Å²) in [5, 5.41) is 8.87. The topological polar surface area (TPSA) is 56.5 Å². The lowest BCUT2D eigenvalue weighted by molar-refractivity contribution is 0.224. The van der Waals surface area contributed by atoms with Crippen LogP contribution in [0.5, 0.6) is 0 Å². The Hall–Kier alpha value is -3.28. The van der Waals surface area contributed by atoms with Crippen LogP contribution in [-0.2, 0) is 0 Å². The summed E-state index contributed by atoms with van der Waals surface area (Å²) < 4.78 is 0. The number of allylic oxidation sites excluding steroid dienone is 1. The molecule has 1 aromatic rings. The number of likely N-dealkylation sites (tertiary alicyclic amines) is 1. The molecule has 6 nitrogen and oxygen atoms in total. The Kier molecular flexibility index (Phi) is 7.54. The molecule has 2 fully saturated rings. The van der Waals surface area contributed by atoms with E-state index in [9.17, 15) is 0 Å². The van der Waals surface area contributed by atoms with Crippen molar-refractivity contribution in [3.05, 3.63) is 90.3 Å². The molecular formula is C31H39N6. The Morgan fingerprint density at radius 3 is 2.76 bits per heavy atom. The maximum Gasteiger partial charge on any atom is 0.177 e. The van der Waals surface area contributed by atoms with E-state index in [1.807, 2.05) is 24.4 Å². The fourth-order valence-electron chi connectivity index (χ4n) is 6.02. The summed E-state index contributed by atoms with van der Waals surface area (Å²) in [6.07, 6.45) is 17.2. The summed E-state index contributed by atoms with van der Waals surface area (Å²) in [6, 6.07) is 4.90. The number of azo groups is 1. The monoisotopic (exact) mass is 495 g/mol. The lowest BCUT2D eigenvalue weighted by Gasteiger charge is -2.40. The summed E-state index contributed by atoms with van der Waals surface area (Å²) in [6.45, 7) is 17.6. The van der Waals surface area contributed by atoms with Gasteiger partial charge in [0.15, 0.2) is 6.04 Å². The van der Waals surface area contributed by atoms with Crippen molar-refractivity contribution in [2.24, 2.45) is 27.1 Å². The van der Waals surface area contributed by atoms with Crippen LogP contribution in [0.25, 0.3) is 5.70 Å². The highest BCUT2D eigenvalue weighted by atomic mass is 15.2. The quantitative estimate of drug-likeness (QED) is 0.399. The van der Waals surface area contributed by atoms with Crippen molar-refractivity contribution in [3.8, 4) is 0 Å². The van der Waals surface area contributed by atoms with Crippen LogP contribution in [0.1, 0.15) is 64.9 Å². The van der Waals surface area contributed by atoms with Gasteiger partial charge in [0, 0.05) is 48.9 Å². The minimum atomic E-state index is 0.170. The van der Waals surface area contributed by atoms with Gasteiger partial charge in [0.2, 0.25) is 0 Å². The van der Waals surface area contributed by atoms with E-state index in [-0.39, 0.29) is 6.04 Å². The van der Waals surface area contributed by atoms with E-state index in [1.54, 1.807) is 6.20 Å². The first kappa shape index (κ1) is 25.4. The van der Waals surface area contributed by atoms with Crippen LogP contribution >= 0.6 is 0 Å². The maximum atomic E-state index is 5.24. The molecule has 193 valence electrons. The van der Waals surface area contributed by atoms with E-state index >= 15 is 0 Å². The third-order valence-electron chi connectivity index (χ3n) is 8.09. The second-order valence-corrected chi connectivity index (χ2v) is 10.8. The number of pyridine rings is 1. The van der Waals surface area contributed by atoms with E-state index in [2.05, 4.69) is 71.2 Å². The Labute approximate surface area is 222 Å². The van der Waals surface area contributed by atoms with Crippen LogP contribution in [0.4, 0.5) is 0 Å². The molecule has 0 spiro atoms. The van der Waals surface area contributed by atoms with Gasteiger partial charge in [-0.15, -0.1) is 0 Å². The van der Waals surface area contributed by atoms with E-state index in [0.29, 0.717) is 5.92 Å². The first-order chi connectivity index (χ1) is 17.9. The molecule has 0 aromatic carbocycles. The molecule has 1 aliphatic carbocycles. The SMILES string of the molecule is C=C(/C=C1/N=C(C2CC[C@H](C)C2)C(C)=CN1CC)[C@@H]1CCCCN1C(=C)[C]1C=C(c2cccnc2)N=N1. The van der Waals surface area contributed by atoms with Crippen molar-refractivity contribution < 1.29 is 0 Å². The van der Waals surface area contributed by atoms with Gasteiger partial charge in [-0.25, -0.2) is 4.99 Å². The molecule has 1 unspecified atom stereocenters. The van der Waals surface area contributed by atoms with Gasteiger partial charge in [-0.1, -0.05) is 26.5 Å². The fraction of sp³-hybridized carbons (Fsp3) is 0.452. The van der Waals surface area contributed by atoms with Gasteiger partial charge in [0.25, 0.3) is 0 Å². The minimum Gasteiger partial charge on any atom is -0.366 e. The summed E-state index contributed by atoms with van der Waals surface area (Å²) in [7, 11) is 0. The van der Waals surface area contributed by atoms with Gasteiger partial charge in [0.05, 0.1) is 17.5 Å². The van der Waals surface area contributed by atoms with Gasteiger partial charge in [-0.3, -0.25) is 4.98 Å². The van der Waals surface area contributed by atoms with Crippen LogP contribution in [0.15, 0.2) is 93.9 Å². The molecule has 37 heavy (non-hydrogen) atoms. The highest BCUT2D eigenvalue weighted by molar-refractivity contribution is 6.02. The molecule has 0 bridgehead atoms. The van der Waals surface area contributed by atoms with Crippen molar-refractivity contribution in [2.75, 3.05) is 13.1 Å². The van der Waals surface area contributed by atoms with Crippen LogP contribution in [-0.4, -0.2) is 39.6 Å². The first-order valence-corrected chi connectivity index (χ1v) is 13.8. The average molecular weight is 496 g/mol. The van der Waals surface area contributed by atoms with Crippen molar-refractivity contribution in [1.29, 1.82) is 0 Å². The largest absolute Gasteiger partial charge is 0.366 e. The number of aliphatic imine (C=N–C) groups is 1. The number of nitrogens with zero attached hydrogens (tertiary/aromatic N) is 6. The summed E-state index contributed by atoms with van der Waals surface area (Å²) in [4.78, 5) is 14.1. The van der Waals surface area contributed by atoms with Crippen molar-refractivity contribution in [2.45, 2.75) is 65.3 Å². The van der Waals surface area contributed by atoms with Crippen molar-refractivity contribution >= 4 is 11.4 Å². The van der Waals surface area contributed by atoms with E-state index < -0.39 is 0 Å². The van der Waals surface area contributed by atoms with Gasteiger partial charge >= 0.3 is 0 Å². The summed E-state index contributed by atoms with van der Waals surface area (Å²) >= 11 is 0. The zero-order valence-electron chi connectivity index (χ0n) is 22.5. The normalized spacial score (nSPS) is 27.4. The van der Waals surface area contributed by atoms with Crippen molar-refractivity contribution in [1.82, 2.24) is 14.8 Å². The van der Waals surface area contributed by atoms with Crippen molar-refractivity contribution in [3.63, 3.8) is 0 Å². The van der Waals surface area contributed by atoms with E-state index in [4.69, 9.17) is 4.99 Å². The highest BCUT2D eigenvalue weighted by Gasteiger charge is 2.32. The third-order valence-corrected chi connectivity index (χ3v) is 8.09.